The second kappa shape index (κ2) is 4.39. The number of fused-ring (bicyclic) bond motifs is 1. The summed E-state index contributed by atoms with van der Waals surface area (Å²) < 4.78 is 3.14. The van der Waals surface area contributed by atoms with Gasteiger partial charge in [-0.3, -0.25) is 0 Å². The normalized spacial score (nSPS) is 12.1. The van der Waals surface area contributed by atoms with Gasteiger partial charge in [-0.2, -0.15) is 5.10 Å². The minimum absolute atomic E-state index is 0.746. The van der Waals surface area contributed by atoms with Crippen LogP contribution in [0.2, 0.25) is 5.02 Å². The summed E-state index contributed by atoms with van der Waals surface area (Å²) in [7, 11) is 1.98. The van der Waals surface area contributed by atoms with E-state index >= 15 is 0 Å². The fraction of sp³-hybridized carbons (Fsp3) is 0.273. The minimum atomic E-state index is 0.746. The first kappa shape index (κ1) is 11.4. The van der Waals surface area contributed by atoms with Gasteiger partial charge in [0.1, 0.15) is 0 Å². The van der Waals surface area contributed by atoms with E-state index in [-0.39, 0.29) is 0 Å². The first-order chi connectivity index (χ1) is 7.58. The van der Waals surface area contributed by atoms with Crippen molar-refractivity contribution >= 4 is 38.9 Å². The number of aryl methyl sites for hydroxylation is 1. The number of aromatic nitrogens is 1. The molecule has 1 heterocycles. The third-order valence-corrected chi connectivity index (χ3v) is 3.43. The highest BCUT2D eigenvalue weighted by atomic mass is 35.5. The maximum Gasteiger partial charge on any atom is 0.211 e. The van der Waals surface area contributed by atoms with E-state index in [0.29, 0.717) is 0 Å². The molecule has 0 N–H and O–H groups in total. The highest BCUT2D eigenvalue weighted by Gasteiger charge is 2.02. The van der Waals surface area contributed by atoms with Crippen LogP contribution in [0.1, 0.15) is 13.8 Å². The Morgan fingerprint density at radius 2 is 2.12 bits per heavy atom. The molecule has 5 heteroatoms. The molecule has 0 aliphatic carbocycles. The van der Waals surface area contributed by atoms with Crippen molar-refractivity contribution in [1.29, 1.82) is 0 Å². The summed E-state index contributed by atoms with van der Waals surface area (Å²) in [4.78, 5) is 0.874. The second-order valence-corrected chi connectivity index (χ2v) is 5.15. The van der Waals surface area contributed by atoms with Crippen LogP contribution >= 0.6 is 22.9 Å². The van der Waals surface area contributed by atoms with Crippen molar-refractivity contribution in [3.63, 3.8) is 0 Å². The number of rotatable bonds is 1. The van der Waals surface area contributed by atoms with Crippen molar-refractivity contribution in [2.45, 2.75) is 13.8 Å². The average Bonchev–Trinajstić information content (AvgIpc) is 2.52. The number of hydrogen-bond donors (Lipinski definition) is 0. The van der Waals surface area contributed by atoms with Crippen molar-refractivity contribution in [2.24, 2.45) is 17.3 Å². The van der Waals surface area contributed by atoms with Gasteiger partial charge in [0.25, 0.3) is 0 Å². The van der Waals surface area contributed by atoms with E-state index in [9.17, 15) is 0 Å². The lowest BCUT2D eigenvalue weighted by molar-refractivity contribution is 0.888. The van der Waals surface area contributed by atoms with Gasteiger partial charge in [0.15, 0.2) is 0 Å². The molecular formula is C11H12ClN3S. The molecule has 84 valence electrons. The van der Waals surface area contributed by atoms with Crippen LogP contribution in [0.15, 0.2) is 28.4 Å². The number of benzene rings is 1. The van der Waals surface area contributed by atoms with E-state index < -0.39 is 0 Å². The molecule has 0 saturated heterocycles. The van der Waals surface area contributed by atoms with E-state index in [1.54, 1.807) is 11.3 Å². The molecule has 1 aromatic heterocycles. The number of thiazole rings is 1. The zero-order valence-corrected chi connectivity index (χ0v) is 10.9. The molecule has 0 spiro atoms. The molecule has 0 aliphatic heterocycles. The number of halogens is 1. The molecule has 0 unspecified atom stereocenters. The Morgan fingerprint density at radius 3 is 2.81 bits per heavy atom. The molecule has 3 nitrogen and oxygen atoms in total. The van der Waals surface area contributed by atoms with Crippen LogP contribution in [-0.4, -0.2) is 10.3 Å². The molecule has 2 rings (SSSR count). The maximum atomic E-state index is 5.95. The van der Waals surface area contributed by atoms with Crippen LogP contribution in [0.25, 0.3) is 10.2 Å². The van der Waals surface area contributed by atoms with Crippen LogP contribution in [0, 0.1) is 0 Å². The molecule has 2 aromatic rings. The van der Waals surface area contributed by atoms with Gasteiger partial charge < -0.3 is 4.57 Å². The third kappa shape index (κ3) is 2.18. The van der Waals surface area contributed by atoms with E-state index in [0.717, 1.165) is 25.8 Å². The molecule has 1 aromatic carbocycles. The highest BCUT2D eigenvalue weighted by molar-refractivity contribution is 7.16. The minimum Gasteiger partial charge on any atom is -0.318 e. The summed E-state index contributed by atoms with van der Waals surface area (Å²) in [5.41, 5.74) is 2.06. The van der Waals surface area contributed by atoms with E-state index in [1.807, 2.05) is 43.7 Å². The fourth-order valence-electron chi connectivity index (χ4n) is 1.35. The Kier molecular flexibility index (Phi) is 3.12. The molecule has 0 fully saturated rings. The number of hydrogen-bond acceptors (Lipinski definition) is 3. The smallest absolute Gasteiger partial charge is 0.211 e. The lowest BCUT2D eigenvalue weighted by Crippen LogP contribution is -2.09. The molecule has 0 atom stereocenters. The summed E-state index contributed by atoms with van der Waals surface area (Å²) in [6, 6.07) is 5.83. The average molecular weight is 254 g/mol. The zero-order chi connectivity index (χ0) is 11.7. The molecular weight excluding hydrogens is 242 g/mol. The maximum absolute atomic E-state index is 5.95. The predicted octanol–water partition coefficient (Wildman–Crippen LogP) is 3.19. The standard InChI is InChI=1S/C11H12ClN3S/c1-7(2)13-14-11-15(3)9-5-4-8(12)6-10(9)16-11/h4-6H,1-3H3. The summed E-state index contributed by atoms with van der Waals surface area (Å²) in [5.74, 6) is 0. The summed E-state index contributed by atoms with van der Waals surface area (Å²) in [5, 5.41) is 9.02. The second-order valence-electron chi connectivity index (χ2n) is 3.70. The molecule has 0 amide bonds. The Hall–Kier alpha value is -1.13. The van der Waals surface area contributed by atoms with Crippen LogP contribution in [0.4, 0.5) is 0 Å². The van der Waals surface area contributed by atoms with E-state index in [1.165, 1.54) is 0 Å². The third-order valence-electron chi connectivity index (χ3n) is 2.11. The quantitative estimate of drug-likeness (QED) is 0.552. The first-order valence-electron chi connectivity index (χ1n) is 4.88. The Morgan fingerprint density at radius 1 is 1.38 bits per heavy atom. The Bertz CT molecular complexity index is 618. The number of nitrogens with zero attached hydrogens (tertiary/aromatic N) is 3. The van der Waals surface area contributed by atoms with Crippen molar-refractivity contribution in [3.8, 4) is 0 Å². The van der Waals surface area contributed by atoms with Crippen LogP contribution in [0.3, 0.4) is 0 Å². The molecule has 0 aliphatic rings. The fourth-order valence-corrected chi connectivity index (χ4v) is 2.59. The van der Waals surface area contributed by atoms with Gasteiger partial charge in [0.2, 0.25) is 4.80 Å². The lowest BCUT2D eigenvalue weighted by atomic mass is 10.3. The molecule has 0 bridgehead atoms. The lowest BCUT2D eigenvalue weighted by Gasteiger charge is -1.94. The van der Waals surface area contributed by atoms with Crippen molar-refractivity contribution in [1.82, 2.24) is 4.57 Å². The topological polar surface area (TPSA) is 29.6 Å². The van der Waals surface area contributed by atoms with Crippen LogP contribution < -0.4 is 4.80 Å². The summed E-state index contributed by atoms with van der Waals surface area (Å²) >= 11 is 7.53. The molecule has 0 saturated carbocycles. The monoisotopic (exact) mass is 253 g/mol. The predicted molar refractivity (Wildman–Crippen MR) is 70.2 cm³/mol. The van der Waals surface area contributed by atoms with Gasteiger partial charge in [-0.25, -0.2) is 0 Å². The van der Waals surface area contributed by atoms with Crippen LogP contribution in [0.5, 0.6) is 0 Å². The van der Waals surface area contributed by atoms with E-state index in [2.05, 4.69) is 10.2 Å². The summed E-state index contributed by atoms with van der Waals surface area (Å²) in [6.45, 7) is 3.85. The van der Waals surface area contributed by atoms with Gasteiger partial charge in [-0.05, 0) is 32.0 Å². The van der Waals surface area contributed by atoms with Gasteiger partial charge >= 0.3 is 0 Å². The molecule has 16 heavy (non-hydrogen) atoms. The van der Waals surface area contributed by atoms with Gasteiger partial charge in [-0.15, -0.1) is 5.10 Å². The Balaban J connectivity index is 2.69. The largest absolute Gasteiger partial charge is 0.318 e. The van der Waals surface area contributed by atoms with E-state index in [4.69, 9.17) is 11.6 Å². The molecule has 0 radical (unpaired) electrons. The van der Waals surface area contributed by atoms with Gasteiger partial charge in [-0.1, -0.05) is 22.9 Å². The Labute approximate surface area is 103 Å². The van der Waals surface area contributed by atoms with Crippen molar-refractivity contribution in [2.75, 3.05) is 0 Å². The summed E-state index contributed by atoms with van der Waals surface area (Å²) in [6.07, 6.45) is 0. The van der Waals surface area contributed by atoms with Crippen molar-refractivity contribution < 1.29 is 0 Å². The van der Waals surface area contributed by atoms with Gasteiger partial charge in [0.05, 0.1) is 10.2 Å². The SMILES string of the molecule is CC(C)=NN=c1sc2cc(Cl)ccc2n1C. The van der Waals surface area contributed by atoms with Crippen molar-refractivity contribution in [3.05, 3.63) is 28.0 Å². The zero-order valence-electron chi connectivity index (χ0n) is 9.36. The van der Waals surface area contributed by atoms with Gasteiger partial charge in [0, 0.05) is 17.8 Å². The van der Waals surface area contributed by atoms with Crippen LogP contribution in [-0.2, 0) is 7.05 Å². The first-order valence-corrected chi connectivity index (χ1v) is 6.07. The highest BCUT2D eigenvalue weighted by Crippen LogP contribution is 2.20.